The third kappa shape index (κ3) is 8.17. The normalized spacial score (nSPS) is 13.5. The first kappa shape index (κ1) is 21.7. The molecule has 2 atom stereocenters. The second-order valence-corrected chi connectivity index (χ2v) is 6.56. The van der Waals surface area contributed by atoms with Crippen LogP contribution in [0.2, 0.25) is 0 Å². The van der Waals surface area contributed by atoms with E-state index < -0.39 is 29.9 Å². The highest BCUT2D eigenvalue weighted by atomic mass is 16.6. The number of aliphatic hydroxyl groups excluding tert-OH is 2. The van der Waals surface area contributed by atoms with E-state index in [1.165, 1.54) is 0 Å². The van der Waals surface area contributed by atoms with Crippen LogP contribution < -0.4 is 10.1 Å². The molecule has 8 heteroatoms. The van der Waals surface area contributed by atoms with Gasteiger partial charge in [-0.25, -0.2) is 9.59 Å². The highest BCUT2D eigenvalue weighted by Crippen LogP contribution is 2.20. The molecule has 3 N–H and O–H groups in total. The van der Waals surface area contributed by atoms with Gasteiger partial charge in [0.2, 0.25) is 0 Å². The van der Waals surface area contributed by atoms with E-state index in [0.29, 0.717) is 11.3 Å². The third-order valence-corrected chi connectivity index (χ3v) is 3.10. The van der Waals surface area contributed by atoms with Crippen molar-refractivity contribution in [1.29, 1.82) is 0 Å². The molecule has 0 aliphatic carbocycles. The second kappa shape index (κ2) is 9.98. The van der Waals surface area contributed by atoms with Gasteiger partial charge in [0.05, 0.1) is 6.61 Å². The number of ether oxygens (including phenoxy) is 3. The molecule has 0 radical (unpaired) electrons. The van der Waals surface area contributed by atoms with Gasteiger partial charge in [0.25, 0.3) is 0 Å². The summed E-state index contributed by atoms with van der Waals surface area (Å²) in [6, 6.07) is 6.24. The number of hydrogen-bond acceptors (Lipinski definition) is 7. The lowest BCUT2D eigenvalue weighted by Gasteiger charge is -2.22. The highest BCUT2D eigenvalue weighted by molar-refractivity contribution is 5.71. The maximum atomic E-state index is 11.6. The van der Waals surface area contributed by atoms with Crippen LogP contribution in [0.25, 0.3) is 0 Å². The number of aliphatic hydroxyl groups is 2. The Bertz CT molecular complexity index is 580. The largest absolute Gasteiger partial charge is 0.482 e. The number of esters is 1. The molecule has 8 nitrogen and oxygen atoms in total. The standard InChI is InChI=1S/C18H27NO7/c1-5-24-15(21)11-25-13-8-6-12(7-9-13)16(22)14(20)10-19-17(23)26-18(2,3)4/h6-9,14,16,20,22H,5,10-11H2,1-4H3,(H,19,23). The summed E-state index contributed by atoms with van der Waals surface area (Å²) in [5, 5.41) is 22.6. The minimum atomic E-state index is -1.21. The van der Waals surface area contributed by atoms with Crippen LogP contribution in [0.4, 0.5) is 4.79 Å². The lowest BCUT2D eigenvalue weighted by atomic mass is 10.0. The molecular weight excluding hydrogens is 342 g/mol. The van der Waals surface area contributed by atoms with E-state index >= 15 is 0 Å². The van der Waals surface area contributed by atoms with E-state index in [0.717, 1.165) is 0 Å². The van der Waals surface area contributed by atoms with Gasteiger partial charge in [-0.1, -0.05) is 12.1 Å². The van der Waals surface area contributed by atoms with Crippen molar-refractivity contribution in [1.82, 2.24) is 5.32 Å². The molecule has 1 aromatic rings. The fraction of sp³-hybridized carbons (Fsp3) is 0.556. The minimum absolute atomic E-state index is 0.169. The Balaban J connectivity index is 2.49. The first-order valence-electron chi connectivity index (χ1n) is 8.33. The minimum Gasteiger partial charge on any atom is -0.482 e. The van der Waals surface area contributed by atoms with Crippen LogP contribution in [0.5, 0.6) is 5.75 Å². The predicted molar refractivity (Wildman–Crippen MR) is 93.8 cm³/mol. The second-order valence-electron chi connectivity index (χ2n) is 6.56. The summed E-state index contributed by atoms with van der Waals surface area (Å²) in [4.78, 5) is 22.8. The molecule has 0 aliphatic rings. The monoisotopic (exact) mass is 369 g/mol. The average molecular weight is 369 g/mol. The number of carbonyl (C=O) groups is 2. The van der Waals surface area contributed by atoms with Gasteiger partial charge in [-0.15, -0.1) is 0 Å². The van der Waals surface area contributed by atoms with E-state index in [1.807, 2.05) is 0 Å². The summed E-state index contributed by atoms with van der Waals surface area (Å²) < 4.78 is 15.1. The first-order chi connectivity index (χ1) is 12.1. The molecule has 1 amide bonds. The maximum Gasteiger partial charge on any atom is 0.407 e. The van der Waals surface area contributed by atoms with Crippen molar-refractivity contribution in [3.8, 4) is 5.75 Å². The maximum absolute atomic E-state index is 11.6. The Hall–Kier alpha value is -2.32. The Morgan fingerprint density at radius 2 is 1.77 bits per heavy atom. The van der Waals surface area contributed by atoms with Crippen molar-refractivity contribution in [2.24, 2.45) is 0 Å². The molecular formula is C18H27NO7. The predicted octanol–water partition coefficient (Wildman–Crippen LogP) is 1.55. The quantitative estimate of drug-likeness (QED) is 0.596. The zero-order valence-electron chi connectivity index (χ0n) is 15.5. The van der Waals surface area contributed by atoms with Gasteiger partial charge in [0.15, 0.2) is 6.61 Å². The summed E-state index contributed by atoms with van der Waals surface area (Å²) in [7, 11) is 0. The van der Waals surface area contributed by atoms with Gasteiger partial charge in [-0.2, -0.15) is 0 Å². The van der Waals surface area contributed by atoms with Crippen LogP contribution in [0, 0.1) is 0 Å². The molecule has 0 fully saturated rings. The Labute approximate surface area is 153 Å². The molecule has 0 saturated carbocycles. The highest BCUT2D eigenvalue weighted by Gasteiger charge is 2.21. The van der Waals surface area contributed by atoms with E-state index in [2.05, 4.69) is 5.32 Å². The summed E-state index contributed by atoms with van der Waals surface area (Å²) in [5.74, 6) is -0.0457. The zero-order valence-corrected chi connectivity index (χ0v) is 15.5. The summed E-state index contributed by atoms with van der Waals surface area (Å²) >= 11 is 0. The van der Waals surface area contributed by atoms with Crippen LogP contribution in [-0.4, -0.2) is 53.7 Å². The van der Waals surface area contributed by atoms with Crippen molar-refractivity contribution in [2.75, 3.05) is 19.8 Å². The molecule has 0 spiro atoms. The van der Waals surface area contributed by atoms with Gasteiger partial charge >= 0.3 is 12.1 Å². The average Bonchev–Trinajstić information content (AvgIpc) is 2.56. The lowest BCUT2D eigenvalue weighted by Crippen LogP contribution is -2.38. The molecule has 0 heterocycles. The molecule has 0 saturated heterocycles. The number of rotatable bonds is 8. The number of hydrogen-bond donors (Lipinski definition) is 3. The third-order valence-electron chi connectivity index (χ3n) is 3.10. The van der Waals surface area contributed by atoms with Crippen LogP contribution in [-0.2, 0) is 14.3 Å². The zero-order chi connectivity index (χ0) is 19.7. The van der Waals surface area contributed by atoms with Crippen molar-refractivity contribution < 1.29 is 34.0 Å². The molecule has 2 unspecified atom stereocenters. The molecule has 0 aliphatic heterocycles. The van der Waals surface area contributed by atoms with Crippen molar-refractivity contribution >= 4 is 12.1 Å². The van der Waals surface area contributed by atoms with Crippen molar-refractivity contribution in [3.05, 3.63) is 29.8 Å². The van der Waals surface area contributed by atoms with Crippen LogP contribution >= 0.6 is 0 Å². The Morgan fingerprint density at radius 1 is 1.15 bits per heavy atom. The van der Waals surface area contributed by atoms with Crippen LogP contribution in [0.15, 0.2) is 24.3 Å². The summed E-state index contributed by atoms with van der Waals surface area (Å²) in [6.07, 6.45) is -3.09. The Kier molecular flexibility index (Phi) is 8.34. The van der Waals surface area contributed by atoms with Gasteiger partial charge in [0.1, 0.15) is 23.6 Å². The topological polar surface area (TPSA) is 114 Å². The molecule has 26 heavy (non-hydrogen) atoms. The van der Waals surface area contributed by atoms with Gasteiger partial charge in [-0.05, 0) is 45.4 Å². The van der Waals surface area contributed by atoms with Crippen LogP contribution in [0.1, 0.15) is 39.4 Å². The smallest absolute Gasteiger partial charge is 0.407 e. The number of nitrogens with one attached hydrogen (secondary N) is 1. The molecule has 1 aromatic carbocycles. The van der Waals surface area contributed by atoms with Crippen molar-refractivity contribution in [3.63, 3.8) is 0 Å². The van der Waals surface area contributed by atoms with Crippen molar-refractivity contribution in [2.45, 2.75) is 45.5 Å². The van der Waals surface area contributed by atoms with Crippen LogP contribution in [0.3, 0.4) is 0 Å². The Morgan fingerprint density at radius 3 is 2.31 bits per heavy atom. The SMILES string of the molecule is CCOC(=O)COc1ccc(C(O)C(O)CNC(=O)OC(C)(C)C)cc1. The molecule has 0 bridgehead atoms. The number of carbonyl (C=O) groups excluding carboxylic acids is 2. The van der Waals surface area contributed by atoms with E-state index in [-0.39, 0.29) is 19.8 Å². The van der Waals surface area contributed by atoms with E-state index in [4.69, 9.17) is 14.2 Å². The van der Waals surface area contributed by atoms with Gasteiger partial charge in [0, 0.05) is 6.54 Å². The number of amides is 1. The lowest BCUT2D eigenvalue weighted by molar-refractivity contribution is -0.145. The molecule has 0 aromatic heterocycles. The van der Waals surface area contributed by atoms with E-state index in [1.54, 1.807) is 52.0 Å². The first-order valence-corrected chi connectivity index (χ1v) is 8.33. The number of alkyl carbamates (subject to hydrolysis) is 1. The molecule has 1 rings (SSSR count). The summed E-state index contributed by atoms with van der Waals surface area (Å²) in [6.45, 7) is 6.78. The fourth-order valence-corrected chi connectivity index (χ4v) is 1.94. The van der Waals surface area contributed by atoms with E-state index in [9.17, 15) is 19.8 Å². The van der Waals surface area contributed by atoms with Gasteiger partial charge < -0.3 is 29.7 Å². The summed E-state index contributed by atoms with van der Waals surface area (Å²) in [5.41, 5.74) is -0.209. The molecule has 146 valence electrons. The fourth-order valence-electron chi connectivity index (χ4n) is 1.94. The van der Waals surface area contributed by atoms with Gasteiger partial charge in [-0.3, -0.25) is 0 Å². The number of benzene rings is 1.